The third-order valence-electron chi connectivity index (χ3n) is 3.27. The van der Waals surface area contributed by atoms with Crippen LogP contribution in [0.4, 0.5) is 0 Å². The van der Waals surface area contributed by atoms with E-state index < -0.39 is 0 Å². The van der Waals surface area contributed by atoms with Crippen LogP contribution in [0.15, 0.2) is 48.8 Å². The molecule has 2 aromatic rings. The van der Waals surface area contributed by atoms with Crippen LogP contribution in [0.25, 0.3) is 0 Å². The molecule has 1 aromatic carbocycles. The molecule has 0 radical (unpaired) electrons. The standard InChI is InChI=1S/C17H22N2O/c1-2-13-20-16-6-4-15(5-7-16)17(18)8-3-14-9-11-19-12-10-14/h4-7,9-12,17H,2-3,8,13,18H2,1H3. The van der Waals surface area contributed by atoms with Gasteiger partial charge in [0, 0.05) is 18.4 Å². The number of aryl methyl sites for hydroxylation is 1. The molecular weight excluding hydrogens is 248 g/mol. The molecule has 1 atom stereocenters. The minimum Gasteiger partial charge on any atom is -0.494 e. The summed E-state index contributed by atoms with van der Waals surface area (Å²) in [7, 11) is 0. The second-order valence-corrected chi connectivity index (χ2v) is 4.92. The Bertz CT molecular complexity index is 496. The fourth-order valence-electron chi connectivity index (χ4n) is 2.07. The van der Waals surface area contributed by atoms with Crippen LogP contribution < -0.4 is 10.5 Å². The van der Waals surface area contributed by atoms with Crippen LogP contribution in [0.1, 0.15) is 36.9 Å². The van der Waals surface area contributed by atoms with Gasteiger partial charge in [-0.15, -0.1) is 0 Å². The number of rotatable bonds is 7. The van der Waals surface area contributed by atoms with Crippen molar-refractivity contribution in [3.8, 4) is 5.75 Å². The van der Waals surface area contributed by atoms with Crippen molar-refractivity contribution in [2.45, 2.75) is 32.2 Å². The quantitative estimate of drug-likeness (QED) is 0.837. The summed E-state index contributed by atoms with van der Waals surface area (Å²) < 4.78 is 5.57. The third kappa shape index (κ3) is 4.35. The van der Waals surface area contributed by atoms with E-state index in [4.69, 9.17) is 10.5 Å². The number of hydrogen-bond donors (Lipinski definition) is 1. The number of benzene rings is 1. The summed E-state index contributed by atoms with van der Waals surface area (Å²) in [6, 6.07) is 12.2. The first-order valence-corrected chi connectivity index (χ1v) is 7.17. The predicted molar refractivity (Wildman–Crippen MR) is 81.7 cm³/mol. The van der Waals surface area contributed by atoms with E-state index in [1.165, 1.54) is 5.56 Å². The molecule has 0 aliphatic heterocycles. The van der Waals surface area contributed by atoms with Gasteiger partial charge in [-0.2, -0.15) is 0 Å². The maximum Gasteiger partial charge on any atom is 0.119 e. The number of aromatic nitrogens is 1. The SMILES string of the molecule is CCCOc1ccc(C(N)CCc2ccncc2)cc1. The average molecular weight is 270 g/mol. The highest BCUT2D eigenvalue weighted by Crippen LogP contribution is 2.20. The van der Waals surface area contributed by atoms with E-state index in [1.54, 1.807) is 0 Å². The number of nitrogens with zero attached hydrogens (tertiary/aromatic N) is 1. The zero-order chi connectivity index (χ0) is 14.2. The van der Waals surface area contributed by atoms with Crippen molar-refractivity contribution < 1.29 is 4.74 Å². The highest BCUT2D eigenvalue weighted by Gasteiger charge is 2.06. The molecule has 3 heteroatoms. The van der Waals surface area contributed by atoms with Crippen LogP contribution in [0.2, 0.25) is 0 Å². The van der Waals surface area contributed by atoms with Crippen molar-refractivity contribution in [2.24, 2.45) is 5.73 Å². The maximum atomic E-state index is 6.24. The zero-order valence-electron chi connectivity index (χ0n) is 12.0. The Morgan fingerprint density at radius 3 is 2.45 bits per heavy atom. The van der Waals surface area contributed by atoms with E-state index in [0.29, 0.717) is 0 Å². The van der Waals surface area contributed by atoms with Crippen molar-refractivity contribution in [2.75, 3.05) is 6.61 Å². The second kappa shape index (κ2) is 7.65. The topological polar surface area (TPSA) is 48.1 Å². The first-order chi connectivity index (χ1) is 9.79. The van der Waals surface area contributed by atoms with Crippen LogP contribution in [-0.4, -0.2) is 11.6 Å². The first kappa shape index (κ1) is 14.5. The van der Waals surface area contributed by atoms with E-state index in [9.17, 15) is 0 Å². The average Bonchev–Trinajstić information content (AvgIpc) is 2.52. The number of pyridine rings is 1. The molecule has 1 aromatic heterocycles. The van der Waals surface area contributed by atoms with E-state index in [-0.39, 0.29) is 6.04 Å². The van der Waals surface area contributed by atoms with Gasteiger partial charge in [0.25, 0.3) is 0 Å². The van der Waals surface area contributed by atoms with Gasteiger partial charge in [-0.3, -0.25) is 4.98 Å². The molecule has 20 heavy (non-hydrogen) atoms. The van der Waals surface area contributed by atoms with Crippen LogP contribution in [0, 0.1) is 0 Å². The van der Waals surface area contributed by atoms with Gasteiger partial charge < -0.3 is 10.5 Å². The Morgan fingerprint density at radius 1 is 1.10 bits per heavy atom. The molecule has 0 amide bonds. The van der Waals surface area contributed by atoms with E-state index in [1.807, 2.05) is 36.7 Å². The summed E-state index contributed by atoms with van der Waals surface area (Å²) >= 11 is 0. The van der Waals surface area contributed by atoms with Crippen molar-refractivity contribution >= 4 is 0 Å². The Morgan fingerprint density at radius 2 is 1.80 bits per heavy atom. The molecule has 106 valence electrons. The van der Waals surface area contributed by atoms with Gasteiger partial charge in [-0.25, -0.2) is 0 Å². The normalized spacial score (nSPS) is 12.1. The van der Waals surface area contributed by atoms with Gasteiger partial charge in [0.1, 0.15) is 5.75 Å². The first-order valence-electron chi connectivity index (χ1n) is 7.17. The monoisotopic (exact) mass is 270 g/mol. The van der Waals surface area contributed by atoms with E-state index in [2.05, 4.69) is 24.0 Å². The van der Waals surface area contributed by atoms with Gasteiger partial charge in [0.2, 0.25) is 0 Å². The summed E-state index contributed by atoms with van der Waals surface area (Å²) in [6.07, 6.45) is 6.56. The van der Waals surface area contributed by atoms with E-state index in [0.717, 1.165) is 37.2 Å². The lowest BCUT2D eigenvalue weighted by atomic mass is 10.0. The maximum absolute atomic E-state index is 6.24. The van der Waals surface area contributed by atoms with Crippen LogP contribution >= 0.6 is 0 Å². The molecule has 0 bridgehead atoms. The van der Waals surface area contributed by atoms with Crippen LogP contribution in [0.3, 0.4) is 0 Å². The lowest BCUT2D eigenvalue weighted by Crippen LogP contribution is -2.11. The minimum atomic E-state index is 0.0587. The molecule has 0 aliphatic carbocycles. The highest BCUT2D eigenvalue weighted by atomic mass is 16.5. The molecule has 0 fully saturated rings. The van der Waals surface area contributed by atoms with Gasteiger partial charge in [-0.1, -0.05) is 19.1 Å². The highest BCUT2D eigenvalue weighted by molar-refractivity contribution is 5.29. The third-order valence-corrected chi connectivity index (χ3v) is 3.27. The number of ether oxygens (including phenoxy) is 1. The largest absolute Gasteiger partial charge is 0.494 e. The lowest BCUT2D eigenvalue weighted by molar-refractivity contribution is 0.317. The van der Waals surface area contributed by atoms with Gasteiger partial charge in [0.05, 0.1) is 6.61 Å². The molecule has 2 N–H and O–H groups in total. The molecule has 0 aliphatic rings. The molecule has 0 spiro atoms. The van der Waals surface area contributed by atoms with Crippen molar-refractivity contribution in [3.63, 3.8) is 0 Å². The second-order valence-electron chi connectivity index (χ2n) is 4.92. The molecule has 2 rings (SSSR count). The van der Waals surface area contributed by atoms with Crippen LogP contribution in [0.5, 0.6) is 5.75 Å². The Hall–Kier alpha value is -1.87. The molecule has 0 saturated carbocycles. The summed E-state index contributed by atoms with van der Waals surface area (Å²) in [4.78, 5) is 4.02. The van der Waals surface area contributed by atoms with Crippen molar-refractivity contribution in [1.29, 1.82) is 0 Å². The predicted octanol–water partition coefficient (Wildman–Crippen LogP) is 3.50. The molecule has 1 heterocycles. The summed E-state index contributed by atoms with van der Waals surface area (Å²) in [6.45, 7) is 2.86. The molecule has 3 nitrogen and oxygen atoms in total. The minimum absolute atomic E-state index is 0.0587. The lowest BCUT2D eigenvalue weighted by Gasteiger charge is -2.13. The van der Waals surface area contributed by atoms with Gasteiger partial charge in [0.15, 0.2) is 0 Å². The van der Waals surface area contributed by atoms with Gasteiger partial charge >= 0.3 is 0 Å². The smallest absolute Gasteiger partial charge is 0.119 e. The Labute approximate surface area is 120 Å². The van der Waals surface area contributed by atoms with Crippen LogP contribution in [-0.2, 0) is 6.42 Å². The Kier molecular flexibility index (Phi) is 5.56. The molecule has 1 unspecified atom stereocenters. The number of nitrogens with two attached hydrogens (primary N) is 1. The molecule has 0 saturated heterocycles. The zero-order valence-corrected chi connectivity index (χ0v) is 12.0. The van der Waals surface area contributed by atoms with Crippen molar-refractivity contribution in [3.05, 3.63) is 59.9 Å². The Balaban J connectivity index is 1.87. The van der Waals surface area contributed by atoms with E-state index >= 15 is 0 Å². The van der Waals surface area contributed by atoms with Crippen molar-refractivity contribution in [1.82, 2.24) is 4.98 Å². The molecular formula is C17H22N2O. The summed E-state index contributed by atoms with van der Waals surface area (Å²) in [5, 5.41) is 0. The fourth-order valence-corrected chi connectivity index (χ4v) is 2.07. The number of hydrogen-bond acceptors (Lipinski definition) is 3. The summed E-state index contributed by atoms with van der Waals surface area (Å²) in [5.74, 6) is 0.914. The van der Waals surface area contributed by atoms with Gasteiger partial charge in [-0.05, 0) is 54.7 Å². The summed E-state index contributed by atoms with van der Waals surface area (Å²) in [5.41, 5.74) is 8.67. The fraction of sp³-hybridized carbons (Fsp3) is 0.353.